The van der Waals surface area contributed by atoms with Crippen LogP contribution in [0.25, 0.3) is 0 Å². The monoisotopic (exact) mass is 497 g/mol. The fourth-order valence-corrected chi connectivity index (χ4v) is 2.59. The van der Waals surface area contributed by atoms with Crippen molar-refractivity contribution < 1.29 is 9.47 Å². The number of nitrogens with zero attached hydrogens (tertiary/aromatic N) is 1. The third kappa shape index (κ3) is 9.94. The molecule has 5 nitrogen and oxygen atoms in total. The first kappa shape index (κ1) is 24.2. The van der Waals surface area contributed by atoms with Crippen LogP contribution in [0, 0.1) is 0 Å². The van der Waals surface area contributed by atoms with Gasteiger partial charge in [-0.25, -0.2) is 4.99 Å². The fourth-order valence-electron chi connectivity index (χ4n) is 2.59. The number of aryl methyl sites for hydroxylation is 1. The maximum absolute atomic E-state index is 5.58. The van der Waals surface area contributed by atoms with Crippen LogP contribution in [0.15, 0.2) is 59.6 Å². The van der Waals surface area contributed by atoms with Gasteiger partial charge in [-0.3, -0.25) is 0 Å². The van der Waals surface area contributed by atoms with E-state index in [1.54, 1.807) is 7.11 Å². The van der Waals surface area contributed by atoms with E-state index in [0.29, 0.717) is 19.8 Å². The summed E-state index contributed by atoms with van der Waals surface area (Å²) in [5.41, 5.74) is 2.52. The smallest absolute Gasteiger partial charge is 0.191 e. The highest BCUT2D eigenvalue weighted by Crippen LogP contribution is 2.12. The van der Waals surface area contributed by atoms with Gasteiger partial charge in [0.2, 0.25) is 0 Å². The van der Waals surface area contributed by atoms with Crippen molar-refractivity contribution in [3.63, 3.8) is 0 Å². The highest BCUT2D eigenvalue weighted by Gasteiger charge is 1.99. The maximum Gasteiger partial charge on any atom is 0.191 e. The molecule has 0 atom stereocenters. The first-order valence-electron chi connectivity index (χ1n) is 9.58. The first-order valence-corrected chi connectivity index (χ1v) is 9.58. The lowest BCUT2D eigenvalue weighted by atomic mass is 10.1. The summed E-state index contributed by atoms with van der Waals surface area (Å²) in [7, 11) is 1.67. The number of rotatable bonds is 11. The minimum absolute atomic E-state index is 0. The van der Waals surface area contributed by atoms with Crippen LogP contribution >= 0.6 is 24.0 Å². The molecule has 2 aromatic rings. The molecule has 0 aliphatic heterocycles. The van der Waals surface area contributed by atoms with Gasteiger partial charge in [-0.05, 0) is 43.0 Å². The number of hydrogen-bond donors (Lipinski definition) is 2. The van der Waals surface area contributed by atoms with Crippen molar-refractivity contribution >= 4 is 29.9 Å². The molecule has 2 N–H and O–H groups in total. The van der Waals surface area contributed by atoms with Gasteiger partial charge in [0.25, 0.3) is 0 Å². The number of hydrogen-bond acceptors (Lipinski definition) is 3. The molecule has 0 saturated carbocycles. The molecule has 2 rings (SSSR count). The normalized spacial score (nSPS) is 10.9. The molecule has 0 aromatic heterocycles. The standard InChI is InChI=1S/C22H31N3O2.HI/c1-3-23-22(24-15-7-10-19-8-5-4-6-9-19)25-18-20-11-13-21(14-12-20)27-17-16-26-2;/h4-6,8-9,11-14H,3,7,10,15-18H2,1-2H3,(H2,23,24,25);1H. The summed E-state index contributed by atoms with van der Waals surface area (Å²) in [5, 5.41) is 6.70. The molecule has 0 bridgehead atoms. The van der Waals surface area contributed by atoms with Gasteiger partial charge in [0.1, 0.15) is 12.4 Å². The van der Waals surface area contributed by atoms with Gasteiger partial charge in [0, 0.05) is 20.2 Å². The summed E-state index contributed by atoms with van der Waals surface area (Å²) in [6.45, 7) is 5.60. The second-order valence-electron chi connectivity index (χ2n) is 6.20. The van der Waals surface area contributed by atoms with Gasteiger partial charge in [0.15, 0.2) is 5.96 Å². The Hall–Kier alpha value is -1.80. The molecule has 0 unspecified atom stereocenters. The quantitative estimate of drug-likeness (QED) is 0.213. The van der Waals surface area contributed by atoms with E-state index in [1.807, 2.05) is 24.3 Å². The Balaban J connectivity index is 0.00000392. The van der Waals surface area contributed by atoms with Crippen LogP contribution in [0.3, 0.4) is 0 Å². The molecule has 0 aliphatic carbocycles. The molecule has 0 aliphatic rings. The Morgan fingerprint density at radius 3 is 2.36 bits per heavy atom. The zero-order chi connectivity index (χ0) is 19.2. The zero-order valence-corrected chi connectivity index (χ0v) is 19.1. The van der Waals surface area contributed by atoms with E-state index < -0.39 is 0 Å². The minimum Gasteiger partial charge on any atom is -0.491 e. The van der Waals surface area contributed by atoms with Crippen LogP contribution in [-0.4, -0.2) is 39.4 Å². The highest BCUT2D eigenvalue weighted by atomic mass is 127. The van der Waals surface area contributed by atoms with Gasteiger partial charge in [-0.1, -0.05) is 42.5 Å². The zero-order valence-electron chi connectivity index (χ0n) is 16.8. The number of benzene rings is 2. The fraction of sp³-hybridized carbons (Fsp3) is 0.409. The molecule has 28 heavy (non-hydrogen) atoms. The number of guanidine groups is 1. The predicted molar refractivity (Wildman–Crippen MR) is 127 cm³/mol. The van der Waals surface area contributed by atoms with Crippen molar-refractivity contribution in [3.8, 4) is 5.75 Å². The largest absolute Gasteiger partial charge is 0.491 e. The topological polar surface area (TPSA) is 54.9 Å². The van der Waals surface area contributed by atoms with Crippen molar-refractivity contribution in [1.82, 2.24) is 10.6 Å². The summed E-state index contributed by atoms with van der Waals surface area (Å²) in [5.74, 6) is 1.71. The molecule has 2 aromatic carbocycles. The summed E-state index contributed by atoms with van der Waals surface area (Å²) < 4.78 is 10.6. The van der Waals surface area contributed by atoms with E-state index in [2.05, 4.69) is 52.9 Å². The third-order valence-corrected chi connectivity index (χ3v) is 4.02. The Morgan fingerprint density at radius 2 is 1.68 bits per heavy atom. The SMILES string of the molecule is CCNC(=NCc1ccc(OCCOC)cc1)NCCCc1ccccc1.I. The lowest BCUT2D eigenvalue weighted by molar-refractivity contribution is 0.146. The highest BCUT2D eigenvalue weighted by molar-refractivity contribution is 14.0. The summed E-state index contributed by atoms with van der Waals surface area (Å²) in [6.07, 6.45) is 2.14. The van der Waals surface area contributed by atoms with Crippen molar-refractivity contribution in [1.29, 1.82) is 0 Å². The minimum atomic E-state index is 0. The molecular formula is C22H32IN3O2. The second-order valence-corrected chi connectivity index (χ2v) is 6.20. The Morgan fingerprint density at radius 1 is 0.929 bits per heavy atom. The van der Waals surface area contributed by atoms with Crippen LogP contribution in [0.5, 0.6) is 5.75 Å². The summed E-state index contributed by atoms with van der Waals surface area (Å²) >= 11 is 0. The Bertz CT molecular complexity index is 663. The van der Waals surface area contributed by atoms with Crippen LogP contribution in [0.2, 0.25) is 0 Å². The molecule has 0 radical (unpaired) electrons. The van der Waals surface area contributed by atoms with Crippen molar-refractivity contribution in [3.05, 3.63) is 65.7 Å². The van der Waals surface area contributed by atoms with E-state index in [0.717, 1.165) is 43.2 Å². The maximum atomic E-state index is 5.58. The predicted octanol–water partition coefficient (Wildman–Crippen LogP) is 4.02. The van der Waals surface area contributed by atoms with E-state index in [9.17, 15) is 0 Å². The van der Waals surface area contributed by atoms with Gasteiger partial charge < -0.3 is 20.1 Å². The third-order valence-electron chi connectivity index (χ3n) is 4.02. The summed E-state index contributed by atoms with van der Waals surface area (Å²) in [6, 6.07) is 18.6. The van der Waals surface area contributed by atoms with Crippen molar-refractivity contribution in [2.45, 2.75) is 26.3 Å². The lowest BCUT2D eigenvalue weighted by Gasteiger charge is -2.11. The van der Waals surface area contributed by atoms with Crippen LogP contribution < -0.4 is 15.4 Å². The van der Waals surface area contributed by atoms with E-state index in [4.69, 9.17) is 9.47 Å². The molecule has 154 valence electrons. The second kappa shape index (κ2) is 15.2. The van der Waals surface area contributed by atoms with Gasteiger partial charge >= 0.3 is 0 Å². The number of ether oxygens (including phenoxy) is 2. The number of aliphatic imine (C=N–C) groups is 1. The first-order chi connectivity index (χ1) is 13.3. The number of nitrogens with one attached hydrogen (secondary N) is 2. The molecule has 0 heterocycles. The van der Waals surface area contributed by atoms with Crippen LogP contribution in [-0.2, 0) is 17.7 Å². The van der Waals surface area contributed by atoms with Crippen molar-refractivity contribution in [2.75, 3.05) is 33.4 Å². The molecule has 0 spiro atoms. The Labute approximate surface area is 186 Å². The average molecular weight is 497 g/mol. The van der Waals surface area contributed by atoms with E-state index >= 15 is 0 Å². The molecule has 0 fully saturated rings. The van der Waals surface area contributed by atoms with Crippen molar-refractivity contribution in [2.24, 2.45) is 4.99 Å². The van der Waals surface area contributed by atoms with Gasteiger partial charge in [-0.15, -0.1) is 24.0 Å². The summed E-state index contributed by atoms with van der Waals surface area (Å²) in [4.78, 5) is 4.67. The lowest BCUT2D eigenvalue weighted by Crippen LogP contribution is -2.37. The molecule has 0 saturated heterocycles. The van der Waals surface area contributed by atoms with E-state index in [-0.39, 0.29) is 24.0 Å². The average Bonchev–Trinajstić information content (AvgIpc) is 2.71. The molecule has 0 amide bonds. The van der Waals surface area contributed by atoms with Crippen LogP contribution in [0.4, 0.5) is 0 Å². The van der Waals surface area contributed by atoms with Gasteiger partial charge in [0.05, 0.1) is 13.2 Å². The molecular weight excluding hydrogens is 465 g/mol. The van der Waals surface area contributed by atoms with Gasteiger partial charge in [-0.2, -0.15) is 0 Å². The number of methoxy groups -OCH3 is 1. The molecule has 6 heteroatoms. The van der Waals surface area contributed by atoms with E-state index in [1.165, 1.54) is 5.56 Å². The Kier molecular flexibility index (Phi) is 13.1. The number of halogens is 1. The van der Waals surface area contributed by atoms with Crippen LogP contribution in [0.1, 0.15) is 24.5 Å².